The van der Waals surface area contributed by atoms with Crippen LogP contribution in [0.1, 0.15) is 5.89 Å². The van der Waals surface area contributed by atoms with Crippen molar-refractivity contribution in [3.8, 4) is 22.7 Å². The summed E-state index contributed by atoms with van der Waals surface area (Å²) in [6.45, 7) is 0. The van der Waals surface area contributed by atoms with Crippen LogP contribution >= 0.6 is 27.7 Å². The van der Waals surface area contributed by atoms with Gasteiger partial charge in [-0.2, -0.15) is 0 Å². The number of hydrogen-bond donors (Lipinski definition) is 1. The summed E-state index contributed by atoms with van der Waals surface area (Å²) < 4.78 is 19.7. The Balaban J connectivity index is 1.42. The van der Waals surface area contributed by atoms with Gasteiger partial charge in [-0.15, -0.1) is 10.2 Å². The van der Waals surface area contributed by atoms with E-state index in [1.807, 2.05) is 24.3 Å². The maximum Gasteiger partial charge on any atom is 0.247 e. The maximum atomic E-state index is 13.0. The number of halogens is 2. The van der Waals surface area contributed by atoms with Gasteiger partial charge in [-0.1, -0.05) is 27.7 Å². The van der Waals surface area contributed by atoms with Crippen LogP contribution in [0.25, 0.3) is 22.7 Å². The Morgan fingerprint density at radius 3 is 2.50 bits per heavy atom. The van der Waals surface area contributed by atoms with Crippen molar-refractivity contribution < 1.29 is 8.81 Å². The fourth-order valence-electron chi connectivity index (χ4n) is 2.30. The first-order valence-corrected chi connectivity index (χ1v) is 9.47. The molecule has 0 radical (unpaired) electrons. The van der Waals surface area contributed by atoms with E-state index in [9.17, 15) is 4.39 Å². The maximum absolute atomic E-state index is 13.0. The fourth-order valence-corrected chi connectivity index (χ4v) is 3.25. The average Bonchev–Trinajstić information content (AvgIpc) is 3.31. The lowest BCUT2D eigenvalue weighted by Gasteiger charge is -1.97. The molecule has 2 aromatic heterocycles. The van der Waals surface area contributed by atoms with Gasteiger partial charge in [0.25, 0.3) is 0 Å². The van der Waals surface area contributed by atoms with Gasteiger partial charge in [-0.05, 0) is 54.1 Å². The third-order valence-corrected chi connectivity index (χ3v) is 5.00. The van der Waals surface area contributed by atoms with Gasteiger partial charge in [-0.3, -0.25) is 0 Å². The van der Waals surface area contributed by atoms with Crippen molar-refractivity contribution in [1.29, 1.82) is 0 Å². The third kappa shape index (κ3) is 3.86. The summed E-state index contributed by atoms with van der Waals surface area (Å²) in [5.74, 6) is 1.24. The Hall–Kier alpha value is -2.45. The fraction of sp³-hybridized carbons (Fsp3) is 0.0556. The van der Waals surface area contributed by atoms with E-state index in [0.29, 0.717) is 17.5 Å². The van der Waals surface area contributed by atoms with E-state index in [-0.39, 0.29) is 5.82 Å². The first-order valence-electron chi connectivity index (χ1n) is 7.69. The molecule has 0 fully saturated rings. The molecule has 0 atom stereocenters. The molecule has 8 heteroatoms. The summed E-state index contributed by atoms with van der Waals surface area (Å²) in [4.78, 5) is 7.52. The molecule has 4 aromatic rings. The van der Waals surface area contributed by atoms with Crippen LogP contribution in [-0.2, 0) is 5.75 Å². The van der Waals surface area contributed by atoms with Gasteiger partial charge in [0.15, 0.2) is 5.16 Å². The predicted octanol–water partition coefficient (Wildman–Crippen LogP) is 5.32. The second-order valence-corrected chi connectivity index (χ2v) is 7.29. The van der Waals surface area contributed by atoms with Crippen LogP contribution in [0.15, 0.2) is 68.8 Å². The summed E-state index contributed by atoms with van der Waals surface area (Å²) in [5, 5.41) is 8.88. The summed E-state index contributed by atoms with van der Waals surface area (Å²) >= 11 is 4.86. The molecule has 0 aliphatic heterocycles. The second kappa shape index (κ2) is 7.43. The summed E-state index contributed by atoms with van der Waals surface area (Å²) in [6, 6.07) is 13.9. The molecule has 2 aromatic carbocycles. The van der Waals surface area contributed by atoms with Crippen LogP contribution in [0.5, 0.6) is 0 Å². The number of hydrogen-bond acceptors (Lipinski definition) is 5. The highest BCUT2D eigenvalue weighted by molar-refractivity contribution is 9.10. The molecule has 5 nitrogen and oxygen atoms in total. The molecule has 0 aliphatic rings. The molecular weight excluding hydrogens is 419 g/mol. The summed E-state index contributed by atoms with van der Waals surface area (Å²) in [6.07, 6.45) is 1.72. The second-order valence-electron chi connectivity index (χ2n) is 5.41. The van der Waals surface area contributed by atoms with Gasteiger partial charge in [0.1, 0.15) is 5.82 Å². The monoisotopic (exact) mass is 430 g/mol. The SMILES string of the molecule is Fc1ccc(-c2cnc(SCc3nnc(-c4ccc(Br)cc4)o3)[nH]2)cc1. The van der Waals surface area contributed by atoms with Crippen molar-refractivity contribution in [2.75, 3.05) is 0 Å². The summed E-state index contributed by atoms with van der Waals surface area (Å²) in [5.41, 5.74) is 2.57. The predicted molar refractivity (Wildman–Crippen MR) is 101 cm³/mol. The van der Waals surface area contributed by atoms with Crippen molar-refractivity contribution >= 4 is 27.7 Å². The van der Waals surface area contributed by atoms with Gasteiger partial charge >= 0.3 is 0 Å². The van der Waals surface area contributed by atoms with Gasteiger partial charge in [-0.25, -0.2) is 9.37 Å². The Morgan fingerprint density at radius 2 is 1.73 bits per heavy atom. The Labute approximate surface area is 161 Å². The summed E-state index contributed by atoms with van der Waals surface area (Å²) in [7, 11) is 0. The van der Waals surface area contributed by atoms with E-state index in [1.165, 1.54) is 23.9 Å². The molecule has 0 bridgehead atoms. The van der Waals surface area contributed by atoms with E-state index in [4.69, 9.17) is 4.42 Å². The lowest BCUT2D eigenvalue weighted by molar-refractivity contribution is 0.528. The number of aromatic amines is 1. The molecule has 0 saturated carbocycles. The molecule has 1 N–H and O–H groups in total. The number of nitrogens with zero attached hydrogens (tertiary/aromatic N) is 3. The zero-order valence-electron chi connectivity index (χ0n) is 13.3. The molecule has 26 heavy (non-hydrogen) atoms. The number of imidazole rings is 1. The first kappa shape index (κ1) is 17.0. The number of rotatable bonds is 5. The van der Waals surface area contributed by atoms with Crippen molar-refractivity contribution in [1.82, 2.24) is 20.2 Å². The Bertz CT molecular complexity index is 931. The number of thioether (sulfide) groups is 1. The molecule has 130 valence electrons. The number of nitrogens with one attached hydrogen (secondary N) is 1. The van der Waals surface area contributed by atoms with Crippen LogP contribution in [0.3, 0.4) is 0 Å². The van der Waals surface area contributed by atoms with Gasteiger partial charge < -0.3 is 9.40 Å². The minimum Gasteiger partial charge on any atom is -0.420 e. The lowest BCUT2D eigenvalue weighted by atomic mass is 10.2. The molecule has 0 unspecified atom stereocenters. The normalized spacial score (nSPS) is 11.0. The molecule has 0 aliphatic carbocycles. The lowest BCUT2D eigenvalue weighted by Crippen LogP contribution is -1.82. The van der Waals surface area contributed by atoms with E-state index in [1.54, 1.807) is 18.3 Å². The highest BCUT2D eigenvalue weighted by Gasteiger charge is 2.10. The van der Waals surface area contributed by atoms with Gasteiger partial charge in [0, 0.05) is 10.0 Å². The smallest absolute Gasteiger partial charge is 0.247 e. The van der Waals surface area contributed by atoms with E-state index >= 15 is 0 Å². The quantitative estimate of drug-likeness (QED) is 0.433. The Morgan fingerprint density at radius 1 is 1.00 bits per heavy atom. The van der Waals surface area contributed by atoms with Gasteiger partial charge in [0.2, 0.25) is 11.8 Å². The minimum atomic E-state index is -0.263. The third-order valence-electron chi connectivity index (χ3n) is 3.60. The van der Waals surface area contributed by atoms with Crippen molar-refractivity contribution in [2.24, 2.45) is 0 Å². The van der Waals surface area contributed by atoms with E-state index in [0.717, 1.165) is 26.4 Å². The highest BCUT2D eigenvalue weighted by atomic mass is 79.9. The zero-order chi connectivity index (χ0) is 17.9. The average molecular weight is 431 g/mol. The largest absolute Gasteiger partial charge is 0.420 e. The molecular formula is C18H12BrFN4OS. The minimum absolute atomic E-state index is 0.263. The van der Waals surface area contributed by atoms with E-state index < -0.39 is 0 Å². The molecule has 0 spiro atoms. The van der Waals surface area contributed by atoms with Crippen LogP contribution in [-0.4, -0.2) is 20.2 Å². The van der Waals surface area contributed by atoms with E-state index in [2.05, 4.69) is 36.1 Å². The van der Waals surface area contributed by atoms with Crippen LogP contribution < -0.4 is 0 Å². The molecule has 0 saturated heterocycles. The number of aromatic nitrogens is 4. The zero-order valence-corrected chi connectivity index (χ0v) is 15.7. The van der Waals surface area contributed by atoms with Gasteiger partial charge in [0.05, 0.1) is 17.6 Å². The van der Waals surface area contributed by atoms with Crippen molar-refractivity contribution in [2.45, 2.75) is 10.9 Å². The molecule has 4 rings (SSSR count). The number of H-pyrrole nitrogens is 1. The van der Waals surface area contributed by atoms with Crippen molar-refractivity contribution in [3.63, 3.8) is 0 Å². The standard InChI is InChI=1S/C18H12BrFN4OS/c19-13-5-1-12(2-6-13)17-24-23-16(25-17)10-26-18-21-9-15(22-18)11-3-7-14(20)8-4-11/h1-9H,10H2,(H,21,22). The van der Waals surface area contributed by atoms with Crippen LogP contribution in [0.4, 0.5) is 4.39 Å². The topological polar surface area (TPSA) is 67.6 Å². The Kier molecular flexibility index (Phi) is 4.85. The number of benzene rings is 2. The van der Waals surface area contributed by atoms with Crippen LogP contribution in [0, 0.1) is 5.82 Å². The van der Waals surface area contributed by atoms with Crippen LogP contribution in [0.2, 0.25) is 0 Å². The highest BCUT2D eigenvalue weighted by Crippen LogP contribution is 2.26. The van der Waals surface area contributed by atoms with Crippen molar-refractivity contribution in [3.05, 3.63) is 70.9 Å². The first-order chi connectivity index (χ1) is 12.7. The molecule has 2 heterocycles. The molecule has 0 amide bonds.